The number of ether oxygens (including phenoxy) is 8. The zero-order valence-corrected chi connectivity index (χ0v) is 57.8. The molecule has 0 aliphatic carbocycles. The highest BCUT2D eigenvalue weighted by Crippen LogP contribution is 2.36. The Bertz CT molecular complexity index is 5440. The van der Waals surface area contributed by atoms with Crippen LogP contribution in [0, 0.1) is 0 Å². The molecule has 4 amide bonds. The standard InChI is InChI=1S/C21H16F3N3O3.2C16H12F3NO3.C9H8BrNO2.C7H6BF3O3.C5H5ClN2/c22-21(23,24)30-16-5-2-14(3-6-16)15-4-7-18-17(12-15)20(28)27(10-11-29-18)13-19-25-8-1-9-26-19;2*17-16(18,19)23-12-4-1-10(2-5-12)11-3-6-14-13(9-11)15(21)20-7-8-22-14;10-6-1-2-8-7(5-6)9(12)11-3-4-13-8;9-7(10,11)14-6-3-1-5(2-4-6)8(12)13;6-4-5-7-2-1-3-8-5/h1-9,12H,10-11,13H2;2*1-6,9H,7-8H2,(H,20,21);1-2,5H,3-4H2,(H,11,12);1-4,12-13H;1-3H,4H2/i10D2,11D2;2*7D2,8D2;3D2,4D2;;. The molecule has 0 radical (unpaired) electrons. The first-order valence-electron chi connectivity index (χ1n) is 38.8. The summed E-state index contributed by atoms with van der Waals surface area (Å²) in [6, 6.07) is 39.2. The fourth-order valence-corrected chi connectivity index (χ4v) is 9.66. The summed E-state index contributed by atoms with van der Waals surface area (Å²) in [5.74, 6) is -4.28. The quantitative estimate of drug-likeness (QED) is 0.0457. The van der Waals surface area contributed by atoms with Gasteiger partial charge in [0, 0.05) is 29.3 Å². The van der Waals surface area contributed by atoms with Crippen LogP contribution in [0.2, 0.25) is 0 Å². The molecule has 8 aromatic carbocycles. The SMILES string of the molecule is ClCc1ncccn1.OB(O)c1ccc(OC(F)(F)F)cc1.[2H]C1([2H])NC(=O)c2cc(-c3ccc(OC(F)(F)F)cc3)ccc2OC1([2H])[2H].[2H]C1([2H])NC(=O)c2cc(-c3ccc(OC(F)(F)F)cc3)ccc2OC1([2H])[2H].[2H]C1([2H])NC(=O)c2cc(Br)ccc2OC1([2H])[2H].[2H]C1([2H])Oc2ccc(-c3ccc(OC(F)(F)F)cc3)cc2C(=O)N(Cc2ncccn2)C1([2H])[2H]. The van der Waals surface area contributed by atoms with Crippen LogP contribution in [0.5, 0.6) is 46.0 Å². The zero-order valence-electron chi connectivity index (χ0n) is 71.4. The van der Waals surface area contributed by atoms with E-state index < -0.39 is 138 Å². The number of amides is 4. The molecule has 5 N–H and O–H groups in total. The maximum absolute atomic E-state index is 13.4. The van der Waals surface area contributed by atoms with Gasteiger partial charge in [0.05, 0.1) is 82.6 Å². The van der Waals surface area contributed by atoms with E-state index in [1.54, 1.807) is 24.5 Å². The summed E-state index contributed by atoms with van der Waals surface area (Å²) < 4.78 is 305. The van der Waals surface area contributed by atoms with Crippen LogP contribution in [0.1, 0.15) is 75.0 Å². The first-order chi connectivity index (χ1) is 58.7. The van der Waals surface area contributed by atoms with Gasteiger partial charge in [-0.15, -0.1) is 64.3 Å². The minimum absolute atomic E-state index is 0.0112. The van der Waals surface area contributed by atoms with E-state index in [-0.39, 0.29) is 56.5 Å². The molecular weight excluding hydrogens is 1580 g/mol. The van der Waals surface area contributed by atoms with E-state index in [1.807, 2.05) is 16.0 Å². The number of benzene rings is 8. The summed E-state index contributed by atoms with van der Waals surface area (Å²) in [7, 11) is -1.70. The molecule has 37 heteroatoms. The Labute approximate surface area is 658 Å². The number of carbonyl (C=O) groups excluding carboxylic acids is 4. The monoisotopic (exact) mass is 1650 g/mol. The minimum Gasteiger partial charge on any atom is -0.491 e. The second-order valence-electron chi connectivity index (χ2n) is 21.5. The van der Waals surface area contributed by atoms with Crippen molar-refractivity contribution in [3.05, 3.63) is 245 Å². The Morgan fingerprint density at radius 3 is 1.08 bits per heavy atom. The molecule has 0 unspecified atom stereocenters. The first-order valence-corrected chi connectivity index (χ1v) is 32.2. The Morgan fingerprint density at radius 1 is 0.432 bits per heavy atom. The van der Waals surface area contributed by atoms with Gasteiger partial charge in [-0.05, 0) is 154 Å². The van der Waals surface area contributed by atoms with Crippen LogP contribution in [0.4, 0.5) is 52.7 Å². The number of hydrogen-bond acceptors (Lipinski definition) is 18. The lowest BCUT2D eigenvalue weighted by Crippen LogP contribution is -2.32. The maximum Gasteiger partial charge on any atom is 0.573 e. The van der Waals surface area contributed by atoms with Crippen molar-refractivity contribution < 1.29 is 142 Å². The predicted molar refractivity (Wildman–Crippen MR) is 380 cm³/mol. The molecule has 22 nitrogen and oxygen atoms in total. The Kier molecular flexibility index (Phi) is 21.8. The molecule has 0 atom stereocenters. The van der Waals surface area contributed by atoms with Crippen LogP contribution in [0.3, 0.4) is 0 Å². The van der Waals surface area contributed by atoms with Gasteiger partial charge in [-0.2, -0.15) is 0 Å². The molecule has 0 saturated heterocycles. The summed E-state index contributed by atoms with van der Waals surface area (Å²) in [5, 5.41) is 23.1. The molecule has 4 aliphatic heterocycles. The van der Waals surface area contributed by atoms with E-state index in [9.17, 15) is 71.9 Å². The van der Waals surface area contributed by atoms with Crippen LogP contribution in [0.25, 0.3) is 33.4 Å². The highest BCUT2D eigenvalue weighted by Gasteiger charge is 2.34. The molecule has 0 saturated carbocycles. The van der Waals surface area contributed by atoms with Crippen LogP contribution in [-0.4, -0.2) is 143 Å². The fourth-order valence-electron chi connectivity index (χ4n) is 9.16. The number of nitrogens with one attached hydrogen (secondary N) is 3. The van der Waals surface area contributed by atoms with Crippen LogP contribution in [0.15, 0.2) is 211 Å². The van der Waals surface area contributed by atoms with Crippen molar-refractivity contribution >= 4 is 63.7 Å². The maximum atomic E-state index is 13.4. The molecule has 2 aromatic heterocycles. The highest BCUT2D eigenvalue weighted by molar-refractivity contribution is 9.10. The molecule has 111 heavy (non-hydrogen) atoms. The van der Waals surface area contributed by atoms with Crippen molar-refractivity contribution in [1.29, 1.82) is 0 Å². The summed E-state index contributed by atoms with van der Waals surface area (Å²) in [4.78, 5) is 66.0. The van der Waals surface area contributed by atoms with E-state index in [1.165, 1.54) is 122 Å². The van der Waals surface area contributed by atoms with E-state index in [0.29, 0.717) is 54.5 Å². The number of fused-ring (bicyclic) bond motifs is 4. The van der Waals surface area contributed by atoms with Crippen molar-refractivity contribution in [3.8, 4) is 79.4 Å². The van der Waals surface area contributed by atoms with Crippen LogP contribution < -0.4 is 59.3 Å². The lowest BCUT2D eigenvalue weighted by Gasteiger charge is -2.19. The Hall–Kier alpha value is -11.9. The number of nitrogens with zero attached hydrogens (tertiary/aromatic N) is 5. The van der Waals surface area contributed by atoms with E-state index in [4.69, 9.17) is 62.5 Å². The third-order valence-corrected chi connectivity index (χ3v) is 14.7. The Balaban J connectivity index is 0.000000180. The van der Waals surface area contributed by atoms with Gasteiger partial charge >= 0.3 is 32.6 Å². The average Bonchev–Trinajstić information content (AvgIpc) is 1.60. The fraction of sp³-hybridized carbons (Fsp3) is 0.189. The normalized spacial score (nSPS) is 19.3. The highest BCUT2D eigenvalue weighted by atomic mass is 79.9. The molecule has 4 aliphatic rings. The average molecular weight is 1650 g/mol. The van der Waals surface area contributed by atoms with Crippen molar-refractivity contribution in [3.63, 3.8) is 0 Å². The van der Waals surface area contributed by atoms with Gasteiger partial charge in [0.1, 0.15) is 83.9 Å². The van der Waals surface area contributed by atoms with Crippen LogP contribution in [-0.2, 0) is 12.4 Å². The van der Waals surface area contributed by atoms with Gasteiger partial charge in [0.2, 0.25) is 0 Å². The largest absolute Gasteiger partial charge is 0.573 e. The third-order valence-electron chi connectivity index (χ3n) is 13.9. The van der Waals surface area contributed by atoms with Gasteiger partial charge in [0.25, 0.3) is 23.6 Å². The Morgan fingerprint density at radius 2 is 0.739 bits per heavy atom. The molecule has 0 spiro atoms. The molecular formula is C74H59BBrClF12N8O14. The number of carbonyl (C=O) groups is 4. The van der Waals surface area contributed by atoms with Gasteiger partial charge in [0.15, 0.2) is 0 Å². The van der Waals surface area contributed by atoms with E-state index in [0.717, 1.165) is 60.7 Å². The summed E-state index contributed by atoms with van der Waals surface area (Å²) in [6.45, 7) is -22.6. The van der Waals surface area contributed by atoms with Crippen LogP contribution >= 0.6 is 27.5 Å². The number of aromatic nitrogens is 4. The number of rotatable bonds is 11. The van der Waals surface area contributed by atoms with Gasteiger partial charge in [-0.1, -0.05) is 82.7 Å². The predicted octanol–water partition coefficient (Wildman–Crippen LogP) is 13.9. The first kappa shape index (κ1) is 62.9. The third kappa shape index (κ3) is 26.5. The smallest absolute Gasteiger partial charge is 0.491 e. The van der Waals surface area contributed by atoms with E-state index >= 15 is 0 Å². The zero-order chi connectivity index (χ0) is 94.2. The lowest BCUT2D eigenvalue weighted by atomic mass is 9.80. The number of hydrogen-bond donors (Lipinski definition) is 5. The number of alkyl halides is 13. The van der Waals surface area contributed by atoms with Gasteiger partial charge in [-0.3, -0.25) is 19.2 Å². The molecule has 580 valence electrons. The molecule has 6 heterocycles. The molecule has 0 fully saturated rings. The second kappa shape index (κ2) is 38.5. The molecule has 0 bridgehead atoms. The van der Waals surface area contributed by atoms with Crippen molar-refractivity contribution in [2.45, 2.75) is 37.9 Å². The summed E-state index contributed by atoms with van der Waals surface area (Å²) in [6.07, 6.45) is -13.0. The van der Waals surface area contributed by atoms with Crippen molar-refractivity contribution in [1.82, 2.24) is 40.8 Å². The number of halogens is 14. The summed E-state index contributed by atoms with van der Waals surface area (Å²) >= 11 is 8.58. The summed E-state index contributed by atoms with van der Waals surface area (Å²) in [5.41, 5.74) is 2.51. The molecule has 14 rings (SSSR count). The molecule has 10 aromatic rings. The van der Waals surface area contributed by atoms with Gasteiger partial charge < -0.3 is 68.8 Å². The van der Waals surface area contributed by atoms with Gasteiger partial charge in [-0.25, -0.2) is 19.9 Å². The van der Waals surface area contributed by atoms with Crippen molar-refractivity contribution in [2.24, 2.45) is 0 Å². The van der Waals surface area contributed by atoms with Crippen molar-refractivity contribution in [2.75, 3.05) is 52.2 Å². The lowest BCUT2D eigenvalue weighted by molar-refractivity contribution is -0.275. The second-order valence-corrected chi connectivity index (χ2v) is 22.7. The van der Waals surface area contributed by atoms with E-state index in [2.05, 4.69) is 54.8 Å². The minimum atomic E-state index is -4.83. The topological polar surface area (TPSA) is 273 Å².